The van der Waals surface area contributed by atoms with Gasteiger partial charge in [0.15, 0.2) is 0 Å². The third-order valence-corrected chi connectivity index (χ3v) is 6.84. The first-order valence-electron chi connectivity index (χ1n) is 11.5. The van der Waals surface area contributed by atoms with Crippen LogP contribution in [0.15, 0.2) is 23.1 Å². The van der Waals surface area contributed by atoms with Crippen molar-refractivity contribution in [2.75, 3.05) is 7.11 Å². The maximum Gasteiger partial charge on any atom is 0.141 e. The molecule has 0 saturated carbocycles. The van der Waals surface area contributed by atoms with Crippen molar-refractivity contribution in [1.29, 1.82) is 0 Å². The summed E-state index contributed by atoms with van der Waals surface area (Å²) in [6.07, 6.45) is 11.1. The number of allylic oxidation sites excluding steroid dienone is 1. The Balaban J connectivity index is 2.40. The number of carbonyl (C=O) groups excluding carboxylic acids is 2. The number of aldehydes is 1. The standard InChI is InChI=1S/C26H41NO4S/c1-19(11-13-23(31-6)14-12-22-18-32-21(3)27-22)9-7-10-20(2)24(29)17-25(30)26(4,5)15-8-16-28/h11-12,14,16,18,20,23-24,29H,7-10,13,15,17H2,1-6H3/b14-12+,19-11-. The summed E-state index contributed by atoms with van der Waals surface area (Å²) in [6.45, 7) is 9.83. The Morgan fingerprint density at radius 2 is 2.09 bits per heavy atom. The van der Waals surface area contributed by atoms with Gasteiger partial charge in [-0.25, -0.2) is 4.98 Å². The van der Waals surface area contributed by atoms with Crippen molar-refractivity contribution in [2.45, 2.75) is 91.8 Å². The summed E-state index contributed by atoms with van der Waals surface area (Å²) < 4.78 is 5.55. The average Bonchev–Trinajstić information content (AvgIpc) is 3.17. The van der Waals surface area contributed by atoms with E-state index in [0.717, 1.165) is 42.7 Å². The molecule has 0 aliphatic rings. The number of aliphatic hydroxyl groups is 1. The molecule has 0 aromatic carbocycles. The van der Waals surface area contributed by atoms with Gasteiger partial charge in [0, 0.05) is 30.7 Å². The second-order valence-electron chi connectivity index (χ2n) is 9.36. The fourth-order valence-electron chi connectivity index (χ4n) is 3.46. The van der Waals surface area contributed by atoms with E-state index >= 15 is 0 Å². The van der Waals surface area contributed by atoms with Gasteiger partial charge < -0.3 is 14.6 Å². The van der Waals surface area contributed by atoms with Crippen molar-refractivity contribution in [1.82, 2.24) is 4.98 Å². The van der Waals surface area contributed by atoms with Gasteiger partial charge in [-0.2, -0.15) is 0 Å². The number of carbonyl (C=O) groups is 2. The number of rotatable bonds is 16. The molecule has 0 fully saturated rings. The number of hydrogen-bond acceptors (Lipinski definition) is 6. The summed E-state index contributed by atoms with van der Waals surface area (Å²) in [5, 5.41) is 13.6. The van der Waals surface area contributed by atoms with Gasteiger partial charge in [-0.1, -0.05) is 38.5 Å². The van der Waals surface area contributed by atoms with E-state index in [2.05, 4.69) is 18.0 Å². The summed E-state index contributed by atoms with van der Waals surface area (Å²) in [5.41, 5.74) is 1.71. The Hall–Kier alpha value is -1.63. The van der Waals surface area contributed by atoms with Crippen LogP contribution in [-0.2, 0) is 14.3 Å². The van der Waals surface area contributed by atoms with Crippen molar-refractivity contribution < 1.29 is 19.4 Å². The molecule has 5 nitrogen and oxygen atoms in total. The first-order chi connectivity index (χ1) is 15.1. The van der Waals surface area contributed by atoms with E-state index in [4.69, 9.17) is 4.74 Å². The van der Waals surface area contributed by atoms with Gasteiger partial charge >= 0.3 is 0 Å². The highest BCUT2D eigenvalue weighted by Crippen LogP contribution is 2.27. The largest absolute Gasteiger partial charge is 0.392 e. The van der Waals surface area contributed by atoms with E-state index in [1.807, 2.05) is 45.2 Å². The molecular formula is C26H41NO4S. The topological polar surface area (TPSA) is 76.5 Å². The molecule has 0 amide bonds. The van der Waals surface area contributed by atoms with E-state index in [1.165, 1.54) is 5.57 Å². The molecule has 0 radical (unpaired) electrons. The van der Waals surface area contributed by atoms with Gasteiger partial charge in [0.2, 0.25) is 0 Å². The number of methoxy groups -OCH3 is 1. The van der Waals surface area contributed by atoms with Crippen LogP contribution in [-0.4, -0.2) is 41.5 Å². The normalized spacial score (nSPS) is 15.7. The predicted octanol–water partition coefficient (Wildman–Crippen LogP) is 5.95. The third-order valence-electron chi connectivity index (χ3n) is 6.04. The second-order valence-corrected chi connectivity index (χ2v) is 10.4. The van der Waals surface area contributed by atoms with Crippen LogP contribution < -0.4 is 0 Å². The van der Waals surface area contributed by atoms with E-state index in [0.29, 0.717) is 12.8 Å². The quantitative estimate of drug-likeness (QED) is 0.242. The van der Waals surface area contributed by atoms with Gasteiger partial charge in [0.05, 0.1) is 22.9 Å². The lowest BCUT2D eigenvalue weighted by Gasteiger charge is -2.25. The van der Waals surface area contributed by atoms with E-state index in [9.17, 15) is 14.7 Å². The number of thiazole rings is 1. The van der Waals surface area contributed by atoms with Crippen molar-refractivity contribution in [3.8, 4) is 0 Å². The molecule has 3 unspecified atom stereocenters. The lowest BCUT2D eigenvalue weighted by atomic mass is 9.79. The molecule has 0 bridgehead atoms. The highest BCUT2D eigenvalue weighted by atomic mass is 32.1. The van der Waals surface area contributed by atoms with Gasteiger partial charge in [0.25, 0.3) is 0 Å². The molecule has 1 heterocycles. The van der Waals surface area contributed by atoms with Gasteiger partial charge in [-0.3, -0.25) is 4.79 Å². The summed E-state index contributed by atoms with van der Waals surface area (Å²) in [4.78, 5) is 27.5. The van der Waals surface area contributed by atoms with Crippen LogP contribution in [0.4, 0.5) is 0 Å². The molecule has 1 rings (SSSR count). The number of aliphatic hydroxyl groups excluding tert-OH is 1. The molecular weight excluding hydrogens is 422 g/mol. The number of ketones is 1. The summed E-state index contributed by atoms with van der Waals surface area (Å²) >= 11 is 1.64. The summed E-state index contributed by atoms with van der Waals surface area (Å²) in [7, 11) is 1.72. The lowest BCUT2D eigenvalue weighted by Crippen LogP contribution is -2.30. The van der Waals surface area contributed by atoms with Crippen LogP contribution >= 0.6 is 11.3 Å². The Labute approximate surface area is 198 Å². The molecule has 3 atom stereocenters. The number of nitrogens with zero attached hydrogens (tertiary/aromatic N) is 1. The first kappa shape index (κ1) is 28.4. The molecule has 0 spiro atoms. The minimum Gasteiger partial charge on any atom is -0.392 e. The monoisotopic (exact) mass is 463 g/mol. The molecule has 0 saturated heterocycles. The molecule has 1 aromatic rings. The Morgan fingerprint density at radius 3 is 2.69 bits per heavy atom. The zero-order valence-corrected chi connectivity index (χ0v) is 21.4. The first-order valence-corrected chi connectivity index (χ1v) is 12.4. The number of Topliss-reactive ketones (excluding diaryl/α,β-unsaturated/α-hetero) is 1. The Morgan fingerprint density at radius 1 is 1.38 bits per heavy atom. The number of aryl methyl sites for hydroxylation is 1. The van der Waals surface area contributed by atoms with Crippen molar-refractivity contribution >= 4 is 29.5 Å². The van der Waals surface area contributed by atoms with Crippen LogP contribution in [0, 0.1) is 18.3 Å². The van der Waals surface area contributed by atoms with E-state index < -0.39 is 11.5 Å². The van der Waals surface area contributed by atoms with Crippen LogP contribution in [0.3, 0.4) is 0 Å². The van der Waals surface area contributed by atoms with Crippen molar-refractivity contribution in [2.24, 2.45) is 11.3 Å². The minimum absolute atomic E-state index is 0.0151. The third kappa shape index (κ3) is 10.8. The molecule has 1 N–H and O–H groups in total. The van der Waals surface area contributed by atoms with Crippen LogP contribution in [0.2, 0.25) is 0 Å². The van der Waals surface area contributed by atoms with Gasteiger partial charge in [-0.15, -0.1) is 11.3 Å². The van der Waals surface area contributed by atoms with Gasteiger partial charge in [0.1, 0.15) is 12.1 Å². The minimum atomic E-state index is -0.639. The maximum atomic E-state index is 12.5. The van der Waals surface area contributed by atoms with Crippen molar-refractivity contribution in [3.05, 3.63) is 33.8 Å². The highest BCUT2D eigenvalue weighted by Gasteiger charge is 2.29. The second kappa shape index (κ2) is 14.5. The molecule has 32 heavy (non-hydrogen) atoms. The summed E-state index contributed by atoms with van der Waals surface area (Å²) in [5.74, 6) is 0.0890. The van der Waals surface area contributed by atoms with Gasteiger partial charge in [-0.05, 0) is 57.9 Å². The zero-order valence-electron chi connectivity index (χ0n) is 20.6. The number of hydrogen-bond donors (Lipinski definition) is 1. The lowest BCUT2D eigenvalue weighted by molar-refractivity contribution is -0.130. The molecule has 0 aliphatic carbocycles. The highest BCUT2D eigenvalue weighted by molar-refractivity contribution is 7.09. The number of aromatic nitrogens is 1. The Kier molecular flexibility index (Phi) is 12.9. The SMILES string of the molecule is COC(/C=C/c1csc(C)n1)C/C=C(/C)CCCC(C)C(O)CC(=O)C(C)(C)CCC=O. The molecule has 180 valence electrons. The fraction of sp³-hybridized carbons (Fsp3) is 0.654. The smallest absolute Gasteiger partial charge is 0.141 e. The maximum absolute atomic E-state index is 12.5. The van der Waals surface area contributed by atoms with Crippen molar-refractivity contribution in [3.63, 3.8) is 0 Å². The fourth-order valence-corrected chi connectivity index (χ4v) is 4.04. The zero-order chi connectivity index (χ0) is 24.1. The summed E-state index contributed by atoms with van der Waals surface area (Å²) in [6, 6.07) is 0. The molecule has 1 aromatic heterocycles. The average molecular weight is 464 g/mol. The molecule has 0 aliphatic heterocycles. The van der Waals surface area contributed by atoms with Crippen LogP contribution in [0.1, 0.15) is 83.3 Å². The number of ether oxygens (including phenoxy) is 1. The van der Waals surface area contributed by atoms with E-state index in [-0.39, 0.29) is 24.2 Å². The Bertz CT molecular complexity index is 766. The predicted molar refractivity (Wildman–Crippen MR) is 133 cm³/mol. The van der Waals surface area contributed by atoms with Crippen LogP contribution in [0.25, 0.3) is 6.08 Å². The molecule has 6 heteroatoms. The van der Waals surface area contributed by atoms with E-state index in [1.54, 1.807) is 18.4 Å². The van der Waals surface area contributed by atoms with Crippen LogP contribution in [0.5, 0.6) is 0 Å².